The van der Waals surface area contributed by atoms with E-state index in [1.165, 1.54) is 12.8 Å². The van der Waals surface area contributed by atoms with Gasteiger partial charge in [0.25, 0.3) is 0 Å². The van der Waals surface area contributed by atoms with Crippen molar-refractivity contribution in [1.29, 1.82) is 0 Å². The summed E-state index contributed by atoms with van der Waals surface area (Å²) in [6, 6.07) is 0. The second kappa shape index (κ2) is 3.02. The fourth-order valence-corrected chi connectivity index (χ4v) is 7.41. The molecular weight excluding hydrogens is 236 g/mol. The van der Waals surface area contributed by atoms with Crippen LogP contribution in [0.3, 0.4) is 0 Å². The van der Waals surface area contributed by atoms with Gasteiger partial charge in [-0.25, -0.2) is 4.31 Å². The van der Waals surface area contributed by atoms with Gasteiger partial charge in [-0.15, -0.1) is 10.8 Å². The molecule has 4 saturated carbocycles. The number of nitrogens with zero attached hydrogens (tertiary/aromatic N) is 1. The Bertz CT molecular complexity index is 378. The summed E-state index contributed by atoms with van der Waals surface area (Å²) in [5, 5.41) is 0. The first-order valence-corrected chi connectivity index (χ1v) is 8.44. The molecule has 4 nitrogen and oxygen atoms in total. The monoisotopic (exact) mass is 258 g/mol. The Kier molecular flexibility index (Phi) is 1.96. The molecule has 0 radical (unpaired) electrons. The predicted octanol–water partition coefficient (Wildman–Crippen LogP) is 2.02. The molecular formula is C12H22N2O2S. The first-order chi connectivity index (χ1) is 7.94. The van der Waals surface area contributed by atoms with Gasteiger partial charge < -0.3 is 5.73 Å². The third-order valence-corrected chi connectivity index (χ3v) is 7.83. The highest BCUT2D eigenvalue weighted by Gasteiger charge is 2.66. The predicted molar refractivity (Wildman–Crippen MR) is 68.8 cm³/mol. The van der Waals surface area contributed by atoms with Gasteiger partial charge in [-0.2, -0.15) is 0 Å². The van der Waals surface area contributed by atoms with E-state index in [2.05, 4.69) is 4.31 Å². The highest BCUT2D eigenvalue weighted by atomic mass is 32.3. The van der Waals surface area contributed by atoms with Gasteiger partial charge in [0.15, 0.2) is 0 Å². The first kappa shape index (κ1) is 11.1. The maximum Gasteiger partial charge on any atom is 0.0543 e. The van der Waals surface area contributed by atoms with Gasteiger partial charge in [0.2, 0.25) is 0 Å². The zero-order chi connectivity index (χ0) is 11.9. The van der Waals surface area contributed by atoms with Crippen molar-refractivity contribution in [3.8, 4) is 0 Å². The molecule has 98 valence electrons. The van der Waals surface area contributed by atoms with E-state index in [1.807, 2.05) is 0 Å². The quantitative estimate of drug-likeness (QED) is 0.673. The molecule has 5 heteroatoms. The molecule has 4 bridgehead atoms. The van der Waals surface area contributed by atoms with Crippen molar-refractivity contribution in [2.24, 2.45) is 17.6 Å². The third kappa shape index (κ3) is 1.29. The summed E-state index contributed by atoms with van der Waals surface area (Å²) in [5.41, 5.74) is 6.60. The van der Waals surface area contributed by atoms with Crippen LogP contribution in [0.25, 0.3) is 0 Å². The highest BCUT2D eigenvalue weighted by molar-refractivity contribution is 8.22. The van der Waals surface area contributed by atoms with E-state index < -0.39 is 10.8 Å². The maximum atomic E-state index is 10.2. The van der Waals surface area contributed by atoms with Crippen LogP contribution in [-0.2, 0) is 0 Å². The van der Waals surface area contributed by atoms with Crippen molar-refractivity contribution in [2.75, 3.05) is 12.3 Å². The smallest absolute Gasteiger partial charge is 0.0543 e. The van der Waals surface area contributed by atoms with Crippen molar-refractivity contribution < 1.29 is 9.11 Å². The maximum absolute atomic E-state index is 10.2. The van der Waals surface area contributed by atoms with Crippen LogP contribution in [0.5, 0.6) is 0 Å². The molecule has 0 aromatic heterocycles. The van der Waals surface area contributed by atoms with E-state index in [4.69, 9.17) is 5.73 Å². The molecule has 4 atom stereocenters. The van der Waals surface area contributed by atoms with E-state index in [1.54, 1.807) is 0 Å². The summed E-state index contributed by atoms with van der Waals surface area (Å²) in [6.45, 7) is 0.859. The Balaban J connectivity index is 1.71. The van der Waals surface area contributed by atoms with E-state index in [-0.39, 0.29) is 11.1 Å². The second-order valence-electron chi connectivity index (χ2n) is 6.84. The molecule has 5 fully saturated rings. The molecule has 4 aliphatic carbocycles. The molecule has 5 aliphatic rings. The van der Waals surface area contributed by atoms with Gasteiger partial charge in [-0.1, -0.05) is 0 Å². The summed E-state index contributed by atoms with van der Waals surface area (Å²) < 4.78 is 22.5. The molecule has 1 heterocycles. The van der Waals surface area contributed by atoms with Gasteiger partial charge in [0, 0.05) is 17.6 Å². The van der Waals surface area contributed by atoms with Crippen LogP contribution in [0.2, 0.25) is 0 Å². The molecule has 1 saturated heterocycles. The lowest BCUT2D eigenvalue weighted by Crippen LogP contribution is -2.53. The fraction of sp³-hybridized carbons (Fsp3) is 1.00. The standard InChI is InChI=1S/C12H22N2O2S/c13-12-6-9-4-10(12)7-11(5-9,8-12)14-2-1-3-17(14,15)16/h9-10,15-16H,1-8,13H2. The molecule has 5 rings (SSSR count). The van der Waals surface area contributed by atoms with Crippen LogP contribution in [0.4, 0.5) is 0 Å². The van der Waals surface area contributed by atoms with Crippen molar-refractivity contribution in [2.45, 2.75) is 49.6 Å². The average molecular weight is 258 g/mol. The Morgan fingerprint density at radius 3 is 2.65 bits per heavy atom. The van der Waals surface area contributed by atoms with Crippen molar-refractivity contribution >= 4 is 10.8 Å². The number of rotatable bonds is 1. The Morgan fingerprint density at radius 2 is 2.06 bits per heavy atom. The SMILES string of the molecule is NC12CC3CC1CC(N1CCCS1(O)O)(C3)C2. The van der Waals surface area contributed by atoms with Crippen LogP contribution in [0.15, 0.2) is 0 Å². The zero-order valence-corrected chi connectivity index (χ0v) is 11.0. The largest absolute Gasteiger partial charge is 0.325 e. The summed E-state index contributed by atoms with van der Waals surface area (Å²) in [6.07, 6.45) is 6.64. The summed E-state index contributed by atoms with van der Waals surface area (Å²) >= 11 is 0. The van der Waals surface area contributed by atoms with Gasteiger partial charge in [0.05, 0.1) is 5.75 Å². The van der Waals surface area contributed by atoms with E-state index in [0.29, 0.717) is 11.7 Å². The minimum absolute atomic E-state index is 0.0149. The van der Waals surface area contributed by atoms with Crippen molar-refractivity contribution in [1.82, 2.24) is 4.31 Å². The van der Waals surface area contributed by atoms with Gasteiger partial charge in [-0.3, -0.25) is 9.11 Å². The highest BCUT2D eigenvalue weighted by Crippen LogP contribution is 2.67. The van der Waals surface area contributed by atoms with Crippen LogP contribution in [0, 0.1) is 11.8 Å². The molecule has 0 aromatic carbocycles. The Labute approximate surface area is 104 Å². The summed E-state index contributed by atoms with van der Waals surface area (Å²) in [7, 11) is -2.48. The van der Waals surface area contributed by atoms with E-state index in [0.717, 1.165) is 38.1 Å². The second-order valence-corrected chi connectivity index (χ2v) is 8.95. The lowest BCUT2D eigenvalue weighted by Gasteiger charge is -2.52. The topological polar surface area (TPSA) is 69.7 Å². The lowest BCUT2D eigenvalue weighted by atomic mass is 9.75. The Hall–Kier alpha value is 0.190. The summed E-state index contributed by atoms with van der Waals surface area (Å²) in [5.74, 6) is 1.95. The number of hydrogen-bond acceptors (Lipinski definition) is 4. The van der Waals surface area contributed by atoms with Crippen LogP contribution >= 0.6 is 10.8 Å². The minimum Gasteiger partial charge on any atom is -0.325 e. The van der Waals surface area contributed by atoms with Crippen LogP contribution in [0.1, 0.15) is 38.5 Å². The van der Waals surface area contributed by atoms with Gasteiger partial charge in [-0.05, 0) is 50.4 Å². The average Bonchev–Trinajstić information content (AvgIpc) is 2.72. The molecule has 0 amide bonds. The minimum atomic E-state index is -2.48. The molecule has 17 heavy (non-hydrogen) atoms. The third-order valence-electron chi connectivity index (χ3n) is 5.71. The van der Waals surface area contributed by atoms with Crippen LogP contribution < -0.4 is 5.73 Å². The van der Waals surface area contributed by atoms with Gasteiger partial charge >= 0.3 is 0 Å². The lowest BCUT2D eigenvalue weighted by molar-refractivity contribution is 0.0966. The fourth-order valence-electron chi connectivity index (χ4n) is 5.42. The normalized spacial score (nSPS) is 57.8. The van der Waals surface area contributed by atoms with E-state index in [9.17, 15) is 9.11 Å². The summed E-state index contributed by atoms with van der Waals surface area (Å²) in [4.78, 5) is 0. The van der Waals surface area contributed by atoms with Crippen LogP contribution in [-0.4, -0.2) is 36.8 Å². The molecule has 0 spiro atoms. The Morgan fingerprint density at radius 1 is 1.24 bits per heavy atom. The van der Waals surface area contributed by atoms with Crippen molar-refractivity contribution in [3.63, 3.8) is 0 Å². The molecule has 4 unspecified atom stereocenters. The number of nitrogens with two attached hydrogens (primary N) is 1. The van der Waals surface area contributed by atoms with Gasteiger partial charge in [0.1, 0.15) is 0 Å². The zero-order valence-electron chi connectivity index (χ0n) is 10.1. The molecule has 1 aliphatic heterocycles. The molecule has 0 aromatic rings. The van der Waals surface area contributed by atoms with Crippen molar-refractivity contribution in [3.05, 3.63) is 0 Å². The number of hydrogen-bond donors (Lipinski definition) is 3. The van der Waals surface area contributed by atoms with E-state index >= 15 is 0 Å². The first-order valence-electron chi connectivity index (χ1n) is 6.76. The molecule has 4 N–H and O–H groups in total.